The molecule has 0 nitrogen and oxygen atoms in total. The lowest BCUT2D eigenvalue weighted by atomic mass is 10.2. The molecule has 0 aromatic heterocycles. The number of allylic oxidation sites excluding steroid dienone is 6. The van der Waals surface area contributed by atoms with Crippen molar-refractivity contribution < 1.29 is 0 Å². The van der Waals surface area contributed by atoms with Gasteiger partial charge in [-0.3, -0.25) is 0 Å². The Morgan fingerprint density at radius 1 is 1.36 bits per heavy atom. The lowest BCUT2D eigenvalue weighted by Crippen LogP contribution is -1.70. The van der Waals surface area contributed by atoms with Gasteiger partial charge in [0.1, 0.15) is 0 Å². The van der Waals surface area contributed by atoms with E-state index in [0.717, 1.165) is 17.9 Å². The van der Waals surface area contributed by atoms with Gasteiger partial charge >= 0.3 is 0 Å². The molecule has 0 unspecified atom stereocenters. The van der Waals surface area contributed by atoms with Crippen LogP contribution in [0.15, 0.2) is 34.9 Å². The van der Waals surface area contributed by atoms with Crippen molar-refractivity contribution in [2.45, 2.75) is 26.2 Å². The van der Waals surface area contributed by atoms with Crippen LogP contribution < -0.4 is 0 Å². The molecule has 0 aromatic carbocycles. The predicted molar refractivity (Wildman–Crippen MR) is 50.7 cm³/mol. The topological polar surface area (TPSA) is 0 Å². The summed E-state index contributed by atoms with van der Waals surface area (Å²) in [5.41, 5.74) is 1.27. The molecule has 1 rings (SSSR count). The first-order valence-electron chi connectivity index (χ1n) is 3.99. The summed E-state index contributed by atoms with van der Waals surface area (Å²) in [5, 5.41) is 0.834. The molecular formula is C10H13Cl. The summed E-state index contributed by atoms with van der Waals surface area (Å²) < 4.78 is 0. The number of hydrogen-bond donors (Lipinski definition) is 0. The van der Waals surface area contributed by atoms with Crippen LogP contribution in [0.1, 0.15) is 26.2 Å². The van der Waals surface area contributed by atoms with Crippen LogP contribution in [0.3, 0.4) is 0 Å². The van der Waals surface area contributed by atoms with Gasteiger partial charge in [0.25, 0.3) is 0 Å². The summed E-state index contributed by atoms with van der Waals surface area (Å²) in [4.78, 5) is 0. The van der Waals surface area contributed by atoms with Crippen molar-refractivity contribution in [3.63, 3.8) is 0 Å². The largest absolute Gasteiger partial charge is 0.0843 e. The third-order valence-electron chi connectivity index (χ3n) is 1.68. The molecule has 0 aliphatic heterocycles. The van der Waals surface area contributed by atoms with Gasteiger partial charge in [0.2, 0.25) is 0 Å². The summed E-state index contributed by atoms with van der Waals surface area (Å²) in [5.74, 6) is 0. The van der Waals surface area contributed by atoms with E-state index in [0.29, 0.717) is 0 Å². The summed E-state index contributed by atoms with van der Waals surface area (Å²) in [6.07, 6.45) is 11.9. The second kappa shape index (κ2) is 4.40. The van der Waals surface area contributed by atoms with E-state index in [4.69, 9.17) is 11.6 Å². The zero-order valence-electron chi connectivity index (χ0n) is 6.81. The van der Waals surface area contributed by atoms with E-state index in [-0.39, 0.29) is 0 Å². The van der Waals surface area contributed by atoms with Crippen molar-refractivity contribution in [1.82, 2.24) is 0 Å². The third kappa shape index (κ3) is 3.43. The lowest BCUT2D eigenvalue weighted by Gasteiger charge is -1.91. The molecule has 0 saturated carbocycles. The second-order valence-electron chi connectivity index (χ2n) is 2.81. The van der Waals surface area contributed by atoms with Crippen molar-refractivity contribution in [2.24, 2.45) is 0 Å². The molecule has 0 heterocycles. The number of rotatable bonds is 0. The quantitative estimate of drug-likeness (QED) is 0.516. The zero-order valence-corrected chi connectivity index (χ0v) is 7.56. The maximum absolute atomic E-state index is 5.89. The Morgan fingerprint density at radius 2 is 2.18 bits per heavy atom. The highest BCUT2D eigenvalue weighted by atomic mass is 35.5. The number of hydrogen-bond acceptors (Lipinski definition) is 0. The van der Waals surface area contributed by atoms with Gasteiger partial charge in [-0.15, -0.1) is 0 Å². The van der Waals surface area contributed by atoms with Crippen LogP contribution in [-0.4, -0.2) is 0 Å². The van der Waals surface area contributed by atoms with Gasteiger partial charge in [-0.2, -0.15) is 0 Å². The first kappa shape index (κ1) is 8.61. The maximum Gasteiger partial charge on any atom is 0.0405 e. The van der Waals surface area contributed by atoms with Crippen LogP contribution in [0.25, 0.3) is 0 Å². The Hall–Kier alpha value is -0.490. The van der Waals surface area contributed by atoms with Crippen LogP contribution in [0, 0.1) is 0 Å². The molecule has 0 radical (unpaired) electrons. The smallest absolute Gasteiger partial charge is 0.0405 e. The first-order chi connectivity index (χ1) is 5.29. The number of halogens is 1. The molecule has 0 bridgehead atoms. The molecule has 1 aliphatic carbocycles. The van der Waals surface area contributed by atoms with Gasteiger partial charge in [-0.05, 0) is 38.3 Å². The fourth-order valence-corrected chi connectivity index (χ4v) is 1.35. The standard InChI is InChI=1S/C10H13Cl/c1-9-6-4-2-3-5-7-10(11)8-9/h5-8H,2-4H2,1H3/b7-5+,9-6-,10-8+. The van der Waals surface area contributed by atoms with Crippen molar-refractivity contribution in [2.75, 3.05) is 0 Å². The van der Waals surface area contributed by atoms with E-state index in [9.17, 15) is 0 Å². The molecular weight excluding hydrogens is 156 g/mol. The van der Waals surface area contributed by atoms with Gasteiger partial charge < -0.3 is 0 Å². The summed E-state index contributed by atoms with van der Waals surface area (Å²) >= 11 is 5.89. The Bertz CT molecular complexity index is 209. The Kier molecular flexibility index (Phi) is 3.44. The Labute approximate surface area is 73.3 Å². The second-order valence-corrected chi connectivity index (χ2v) is 3.25. The van der Waals surface area contributed by atoms with Crippen LogP contribution in [0.2, 0.25) is 0 Å². The van der Waals surface area contributed by atoms with Crippen LogP contribution in [0.4, 0.5) is 0 Å². The maximum atomic E-state index is 5.89. The van der Waals surface area contributed by atoms with Crippen molar-refractivity contribution >= 4 is 11.6 Å². The normalized spacial score (nSPS) is 31.8. The molecule has 0 spiro atoms. The van der Waals surface area contributed by atoms with Gasteiger partial charge in [-0.25, -0.2) is 0 Å². The van der Waals surface area contributed by atoms with Crippen LogP contribution >= 0.6 is 11.6 Å². The molecule has 0 fully saturated rings. The Balaban J connectivity index is 2.74. The van der Waals surface area contributed by atoms with E-state index in [1.807, 2.05) is 12.2 Å². The van der Waals surface area contributed by atoms with E-state index in [1.54, 1.807) is 0 Å². The zero-order chi connectivity index (χ0) is 8.10. The summed E-state index contributed by atoms with van der Waals surface area (Å²) in [6, 6.07) is 0. The average Bonchev–Trinajstić information content (AvgIpc) is 2.02. The molecule has 0 N–H and O–H groups in total. The Morgan fingerprint density at radius 3 is 3.00 bits per heavy atom. The third-order valence-corrected chi connectivity index (χ3v) is 1.92. The lowest BCUT2D eigenvalue weighted by molar-refractivity contribution is 0.866. The summed E-state index contributed by atoms with van der Waals surface area (Å²) in [6.45, 7) is 2.08. The molecule has 1 heteroatoms. The van der Waals surface area contributed by atoms with E-state index in [2.05, 4.69) is 19.1 Å². The van der Waals surface area contributed by atoms with Crippen molar-refractivity contribution in [3.05, 3.63) is 34.9 Å². The molecule has 0 saturated heterocycles. The molecule has 0 atom stereocenters. The molecule has 1 aliphatic rings. The highest BCUT2D eigenvalue weighted by Gasteiger charge is 1.91. The first-order valence-corrected chi connectivity index (χ1v) is 4.37. The average molecular weight is 169 g/mol. The minimum atomic E-state index is 0.834. The van der Waals surface area contributed by atoms with Gasteiger partial charge in [0.15, 0.2) is 0 Å². The fourth-order valence-electron chi connectivity index (χ4n) is 1.09. The predicted octanol–water partition coefficient (Wildman–Crippen LogP) is 3.80. The highest BCUT2D eigenvalue weighted by molar-refractivity contribution is 6.31. The van der Waals surface area contributed by atoms with Gasteiger partial charge in [0.05, 0.1) is 0 Å². The van der Waals surface area contributed by atoms with E-state index >= 15 is 0 Å². The minimum Gasteiger partial charge on any atom is -0.0843 e. The van der Waals surface area contributed by atoms with Crippen LogP contribution in [0.5, 0.6) is 0 Å². The molecule has 0 amide bonds. The van der Waals surface area contributed by atoms with Gasteiger partial charge in [-0.1, -0.05) is 29.3 Å². The van der Waals surface area contributed by atoms with Crippen molar-refractivity contribution in [3.8, 4) is 0 Å². The van der Waals surface area contributed by atoms with Gasteiger partial charge in [0, 0.05) is 5.03 Å². The summed E-state index contributed by atoms with van der Waals surface area (Å²) in [7, 11) is 0. The molecule has 0 aromatic rings. The van der Waals surface area contributed by atoms with Crippen LogP contribution in [-0.2, 0) is 0 Å². The van der Waals surface area contributed by atoms with Crippen molar-refractivity contribution in [1.29, 1.82) is 0 Å². The molecule has 60 valence electrons. The SMILES string of the molecule is CC1=C/CCC/C=C/C(Cl)=C\1. The monoisotopic (exact) mass is 168 g/mol. The minimum absolute atomic E-state index is 0.834. The van der Waals surface area contributed by atoms with E-state index in [1.165, 1.54) is 12.0 Å². The molecule has 11 heavy (non-hydrogen) atoms. The van der Waals surface area contributed by atoms with E-state index < -0.39 is 0 Å². The highest BCUT2D eigenvalue weighted by Crippen LogP contribution is 2.13. The fraction of sp³-hybridized carbons (Fsp3) is 0.400.